The summed E-state index contributed by atoms with van der Waals surface area (Å²) in [5, 5.41) is 10.4. The zero-order valence-electron chi connectivity index (χ0n) is 16.5. The van der Waals surface area contributed by atoms with Crippen LogP contribution in [0.2, 0.25) is 0 Å². The lowest BCUT2D eigenvalue weighted by molar-refractivity contribution is -0.150. The molecule has 1 radical (unpaired) electrons. The molecule has 6 nitrogen and oxygen atoms in total. The fourth-order valence-electron chi connectivity index (χ4n) is 3.38. The maximum absolute atomic E-state index is 12.0. The molecule has 0 bridgehead atoms. The Morgan fingerprint density at radius 1 is 1.08 bits per heavy atom. The van der Waals surface area contributed by atoms with E-state index in [9.17, 15) is 14.7 Å². The molecule has 1 aliphatic heterocycles. The molecule has 2 unspecified atom stereocenters. The summed E-state index contributed by atoms with van der Waals surface area (Å²) in [5.74, 6) is -0.309. The van der Waals surface area contributed by atoms with E-state index in [1.54, 1.807) is 11.8 Å². The average Bonchev–Trinajstić information content (AvgIpc) is 2.60. The first-order valence-corrected chi connectivity index (χ1v) is 10.2. The Labute approximate surface area is 158 Å². The van der Waals surface area contributed by atoms with Crippen LogP contribution in [-0.2, 0) is 24.2 Å². The Hall–Kier alpha value is -1.14. The second kappa shape index (κ2) is 14.0. The smallest absolute Gasteiger partial charge is 0.302 e. The molecule has 26 heavy (non-hydrogen) atoms. The highest BCUT2D eigenvalue weighted by Crippen LogP contribution is 2.16. The van der Waals surface area contributed by atoms with Crippen molar-refractivity contribution >= 4 is 11.9 Å². The Morgan fingerprint density at radius 3 is 2.35 bits per heavy atom. The van der Waals surface area contributed by atoms with Gasteiger partial charge in [0.25, 0.3) is 0 Å². The van der Waals surface area contributed by atoms with Crippen LogP contribution in [0, 0.1) is 0 Å². The van der Waals surface area contributed by atoms with Gasteiger partial charge >= 0.3 is 5.97 Å². The third-order valence-electron chi connectivity index (χ3n) is 4.82. The van der Waals surface area contributed by atoms with Crippen molar-refractivity contribution in [2.24, 2.45) is 0 Å². The Balaban J connectivity index is 2.40. The molecule has 1 amide bonds. The fourth-order valence-corrected chi connectivity index (χ4v) is 3.38. The zero-order valence-corrected chi connectivity index (χ0v) is 16.5. The van der Waals surface area contributed by atoms with E-state index in [0.29, 0.717) is 13.1 Å². The van der Waals surface area contributed by atoms with Gasteiger partial charge in [0.2, 0.25) is 5.91 Å². The summed E-state index contributed by atoms with van der Waals surface area (Å²) in [6, 6.07) is 0. The summed E-state index contributed by atoms with van der Waals surface area (Å²) in [5.41, 5.74) is 0. The number of unbranched alkanes of at least 4 members (excludes halogenated alkanes) is 5. The Kier molecular flexibility index (Phi) is 12.3. The van der Waals surface area contributed by atoms with Crippen LogP contribution in [0.5, 0.6) is 0 Å². The summed E-state index contributed by atoms with van der Waals surface area (Å²) >= 11 is 0. The van der Waals surface area contributed by atoms with Crippen LogP contribution in [0.25, 0.3) is 0 Å². The number of amides is 1. The van der Waals surface area contributed by atoms with Crippen molar-refractivity contribution in [3.05, 3.63) is 0 Å². The average molecular weight is 371 g/mol. The maximum atomic E-state index is 12.0. The van der Waals surface area contributed by atoms with Gasteiger partial charge in [0.1, 0.15) is 6.10 Å². The van der Waals surface area contributed by atoms with Gasteiger partial charge in [-0.2, -0.15) is 0 Å². The van der Waals surface area contributed by atoms with Crippen molar-refractivity contribution in [3.8, 4) is 0 Å². The molecule has 0 spiro atoms. The molecule has 2 atom stereocenters. The van der Waals surface area contributed by atoms with Crippen molar-refractivity contribution in [2.45, 2.75) is 90.3 Å². The summed E-state index contributed by atoms with van der Waals surface area (Å²) in [7, 11) is 0. The van der Waals surface area contributed by atoms with Crippen LogP contribution >= 0.6 is 0 Å². The van der Waals surface area contributed by atoms with Gasteiger partial charge in [-0.15, -0.1) is 0 Å². The van der Waals surface area contributed by atoms with Gasteiger partial charge < -0.3 is 14.4 Å². The molecule has 6 heteroatoms. The van der Waals surface area contributed by atoms with Crippen molar-refractivity contribution in [3.63, 3.8) is 0 Å². The van der Waals surface area contributed by atoms with E-state index in [2.05, 4.69) is 0 Å². The topological polar surface area (TPSA) is 75.7 Å². The summed E-state index contributed by atoms with van der Waals surface area (Å²) in [6.07, 6.45) is 9.73. The molecule has 1 rings (SSSR count). The summed E-state index contributed by atoms with van der Waals surface area (Å²) < 4.78 is 11.2. The molecule has 0 aromatic rings. The van der Waals surface area contributed by atoms with Crippen molar-refractivity contribution < 1.29 is 24.2 Å². The third-order valence-corrected chi connectivity index (χ3v) is 4.82. The van der Waals surface area contributed by atoms with Crippen molar-refractivity contribution in [2.75, 3.05) is 26.3 Å². The number of hydrogen-bond acceptors (Lipinski definition) is 4. The maximum Gasteiger partial charge on any atom is 0.302 e. The lowest BCUT2D eigenvalue weighted by Gasteiger charge is -2.31. The minimum absolute atomic E-state index is 0.00561. The molecule has 0 aliphatic carbocycles. The van der Waals surface area contributed by atoms with E-state index in [0.717, 1.165) is 70.8 Å². The Bertz CT molecular complexity index is 396. The normalized spacial score (nSPS) is 18.3. The number of esters is 1. The highest BCUT2D eigenvalue weighted by molar-refractivity contribution is 5.73. The van der Waals surface area contributed by atoms with E-state index in [4.69, 9.17) is 9.47 Å². The molecule has 0 saturated carbocycles. The standard InChI is InChI=1S/C20H36NO5/c1-17(23)21(15-19-11-8-10-14-25-19)16-20(26-18(2)24)12-7-5-3-4-6-9-13-22/h19-20H,3-16H2,1-2H3. The highest BCUT2D eigenvalue weighted by Gasteiger charge is 2.23. The quantitative estimate of drug-likeness (QED) is 0.367. The van der Waals surface area contributed by atoms with Crippen LogP contribution in [0.15, 0.2) is 0 Å². The largest absolute Gasteiger partial charge is 0.461 e. The first kappa shape index (κ1) is 22.9. The second-order valence-electron chi connectivity index (χ2n) is 7.26. The van der Waals surface area contributed by atoms with Gasteiger partial charge in [-0.1, -0.05) is 25.7 Å². The van der Waals surface area contributed by atoms with E-state index in [-0.39, 0.29) is 30.7 Å². The van der Waals surface area contributed by atoms with Crippen LogP contribution in [0.3, 0.4) is 0 Å². The van der Waals surface area contributed by atoms with E-state index < -0.39 is 0 Å². The zero-order chi connectivity index (χ0) is 19.2. The molecular weight excluding hydrogens is 334 g/mol. The summed E-state index contributed by atoms with van der Waals surface area (Å²) in [4.78, 5) is 25.2. The SMILES string of the molecule is CC(=O)OC(CCCCCCCC[O])CN(CC1CCCCO1)C(C)=O. The first-order chi connectivity index (χ1) is 12.5. The molecule has 0 N–H and O–H groups in total. The minimum atomic E-state index is -0.303. The van der Waals surface area contributed by atoms with Crippen LogP contribution in [-0.4, -0.2) is 55.3 Å². The fraction of sp³-hybridized carbons (Fsp3) is 0.900. The third kappa shape index (κ3) is 10.8. The predicted molar refractivity (Wildman–Crippen MR) is 99.3 cm³/mol. The van der Waals surface area contributed by atoms with Gasteiger partial charge in [-0.05, 0) is 38.5 Å². The van der Waals surface area contributed by atoms with Gasteiger partial charge in [0.15, 0.2) is 0 Å². The molecule has 1 saturated heterocycles. The van der Waals surface area contributed by atoms with E-state index in [1.165, 1.54) is 6.92 Å². The number of nitrogens with zero attached hydrogens (tertiary/aromatic N) is 1. The van der Waals surface area contributed by atoms with Gasteiger partial charge in [-0.3, -0.25) is 9.59 Å². The van der Waals surface area contributed by atoms with E-state index >= 15 is 0 Å². The molecule has 0 aromatic carbocycles. The minimum Gasteiger partial charge on any atom is -0.461 e. The lowest BCUT2D eigenvalue weighted by atomic mass is 10.1. The van der Waals surface area contributed by atoms with E-state index in [1.807, 2.05) is 0 Å². The molecular formula is C20H36NO5. The molecule has 1 heterocycles. The molecule has 1 aliphatic rings. The predicted octanol–water partition coefficient (Wildman–Crippen LogP) is 3.50. The monoisotopic (exact) mass is 370 g/mol. The van der Waals surface area contributed by atoms with Crippen molar-refractivity contribution in [1.29, 1.82) is 0 Å². The second-order valence-corrected chi connectivity index (χ2v) is 7.26. The molecule has 0 aromatic heterocycles. The number of carbonyl (C=O) groups is 2. The number of carbonyl (C=O) groups excluding carboxylic acids is 2. The van der Waals surface area contributed by atoms with Gasteiger partial charge in [0, 0.05) is 27.0 Å². The van der Waals surface area contributed by atoms with Crippen LogP contribution < -0.4 is 0 Å². The van der Waals surface area contributed by atoms with Gasteiger partial charge in [-0.25, -0.2) is 5.11 Å². The van der Waals surface area contributed by atoms with Crippen LogP contribution in [0.1, 0.15) is 78.1 Å². The van der Waals surface area contributed by atoms with Crippen LogP contribution in [0.4, 0.5) is 0 Å². The highest BCUT2D eigenvalue weighted by atomic mass is 16.5. The first-order valence-electron chi connectivity index (χ1n) is 10.2. The Morgan fingerprint density at radius 2 is 1.77 bits per heavy atom. The number of rotatable bonds is 13. The molecule has 1 fully saturated rings. The lowest BCUT2D eigenvalue weighted by Crippen LogP contribution is -2.43. The van der Waals surface area contributed by atoms with Crippen molar-refractivity contribution in [1.82, 2.24) is 4.90 Å². The summed E-state index contributed by atoms with van der Waals surface area (Å²) in [6.45, 7) is 4.76. The van der Waals surface area contributed by atoms with Gasteiger partial charge in [0.05, 0.1) is 19.3 Å². The molecule has 151 valence electrons. The number of ether oxygens (including phenoxy) is 2. The number of hydrogen-bond donors (Lipinski definition) is 0.